The summed E-state index contributed by atoms with van der Waals surface area (Å²) in [7, 11) is 1.47. The fraction of sp³-hybridized carbons (Fsp3) is 0.150. The van der Waals surface area contributed by atoms with Gasteiger partial charge in [0.2, 0.25) is 0 Å². The molecular formula is C20H15Cl2NO6S. The van der Waals surface area contributed by atoms with Crippen molar-refractivity contribution in [1.29, 1.82) is 0 Å². The highest BCUT2D eigenvalue weighted by molar-refractivity contribution is 8.18. The van der Waals surface area contributed by atoms with Gasteiger partial charge < -0.3 is 14.6 Å². The fourth-order valence-electron chi connectivity index (χ4n) is 2.61. The standard InChI is InChI=1S/C20H15Cl2NO6S/c1-28-16-6-11(7-17-19(26)23(9-18(24)25)20(27)30-17)2-5-15(16)29-10-12-3-4-13(21)8-14(12)22/h2-8H,9-10H2,1H3,(H,24,25)/b17-7+. The number of nitrogens with zero attached hydrogens (tertiary/aromatic N) is 1. The van der Waals surface area contributed by atoms with Gasteiger partial charge in [-0.3, -0.25) is 19.3 Å². The average molecular weight is 468 g/mol. The normalized spacial score (nSPS) is 15.0. The molecule has 1 fully saturated rings. The number of carbonyl (C=O) groups excluding carboxylic acids is 2. The topological polar surface area (TPSA) is 93.1 Å². The molecule has 0 unspecified atom stereocenters. The van der Waals surface area contributed by atoms with Crippen LogP contribution in [-0.2, 0) is 16.2 Å². The first-order chi connectivity index (χ1) is 14.3. The minimum Gasteiger partial charge on any atom is -0.493 e. The van der Waals surface area contributed by atoms with Crippen LogP contribution in [-0.4, -0.2) is 40.8 Å². The van der Waals surface area contributed by atoms with Crippen molar-refractivity contribution < 1.29 is 29.0 Å². The summed E-state index contributed by atoms with van der Waals surface area (Å²) >= 11 is 12.7. The van der Waals surface area contributed by atoms with Gasteiger partial charge in [-0.05, 0) is 47.7 Å². The number of ether oxygens (including phenoxy) is 2. The zero-order valence-corrected chi connectivity index (χ0v) is 17.9. The van der Waals surface area contributed by atoms with E-state index in [2.05, 4.69) is 0 Å². The van der Waals surface area contributed by atoms with E-state index in [4.69, 9.17) is 37.8 Å². The average Bonchev–Trinajstić information content (AvgIpc) is 2.95. The van der Waals surface area contributed by atoms with Crippen LogP contribution in [0.3, 0.4) is 0 Å². The van der Waals surface area contributed by atoms with Crippen molar-refractivity contribution in [2.24, 2.45) is 0 Å². The molecule has 30 heavy (non-hydrogen) atoms. The van der Waals surface area contributed by atoms with E-state index in [0.717, 1.165) is 5.56 Å². The Kier molecular flexibility index (Phi) is 6.91. The number of amides is 2. The molecule has 0 spiro atoms. The van der Waals surface area contributed by atoms with Crippen molar-refractivity contribution in [2.45, 2.75) is 6.61 Å². The van der Waals surface area contributed by atoms with Gasteiger partial charge in [0, 0.05) is 15.6 Å². The van der Waals surface area contributed by atoms with E-state index in [9.17, 15) is 14.4 Å². The number of carboxylic acid groups (broad SMARTS) is 1. The smallest absolute Gasteiger partial charge is 0.323 e. The lowest BCUT2D eigenvalue weighted by Crippen LogP contribution is -2.33. The first-order valence-corrected chi connectivity index (χ1v) is 10.1. The van der Waals surface area contributed by atoms with Crippen molar-refractivity contribution in [3.05, 3.63) is 62.5 Å². The summed E-state index contributed by atoms with van der Waals surface area (Å²) in [6.45, 7) is -0.481. The van der Waals surface area contributed by atoms with E-state index in [1.165, 1.54) is 13.2 Å². The zero-order chi connectivity index (χ0) is 21.8. The van der Waals surface area contributed by atoms with Crippen molar-refractivity contribution in [1.82, 2.24) is 4.90 Å². The number of aliphatic carboxylic acids is 1. The maximum atomic E-state index is 12.3. The predicted octanol–water partition coefficient (Wildman–Crippen LogP) is 4.70. The third-order valence-corrected chi connectivity index (χ3v) is 5.55. The van der Waals surface area contributed by atoms with Crippen LogP contribution < -0.4 is 9.47 Å². The second-order valence-corrected chi connectivity index (χ2v) is 7.93. The summed E-state index contributed by atoms with van der Waals surface area (Å²) in [6.07, 6.45) is 1.50. The molecule has 1 aliphatic heterocycles. The van der Waals surface area contributed by atoms with Crippen LogP contribution in [0.4, 0.5) is 4.79 Å². The molecule has 7 nitrogen and oxygen atoms in total. The minimum absolute atomic E-state index is 0.130. The number of hydrogen-bond acceptors (Lipinski definition) is 6. The van der Waals surface area contributed by atoms with Crippen molar-refractivity contribution in [2.75, 3.05) is 13.7 Å². The number of carbonyl (C=O) groups is 3. The largest absolute Gasteiger partial charge is 0.493 e. The molecule has 2 aromatic rings. The molecule has 2 amide bonds. The maximum absolute atomic E-state index is 12.3. The Morgan fingerprint density at radius 3 is 2.60 bits per heavy atom. The highest BCUT2D eigenvalue weighted by Crippen LogP contribution is 2.35. The second-order valence-electron chi connectivity index (χ2n) is 6.10. The lowest BCUT2D eigenvalue weighted by molar-refractivity contribution is -0.140. The van der Waals surface area contributed by atoms with Crippen LogP contribution in [0.25, 0.3) is 6.08 Å². The highest BCUT2D eigenvalue weighted by atomic mass is 35.5. The lowest BCUT2D eigenvalue weighted by atomic mass is 10.1. The number of rotatable bonds is 7. The summed E-state index contributed by atoms with van der Waals surface area (Å²) < 4.78 is 11.1. The Morgan fingerprint density at radius 2 is 1.93 bits per heavy atom. The van der Waals surface area contributed by atoms with Gasteiger partial charge in [-0.25, -0.2) is 0 Å². The third-order valence-electron chi connectivity index (χ3n) is 4.05. The Bertz CT molecular complexity index is 1060. The second kappa shape index (κ2) is 9.42. The van der Waals surface area contributed by atoms with Crippen molar-refractivity contribution in [3.63, 3.8) is 0 Å². The third kappa shape index (κ3) is 5.08. The first kappa shape index (κ1) is 22.0. The number of carboxylic acids is 1. The molecule has 0 aliphatic carbocycles. The molecule has 0 radical (unpaired) electrons. The van der Waals surface area contributed by atoms with Gasteiger partial charge in [0.05, 0.1) is 12.0 Å². The number of thioether (sulfide) groups is 1. The van der Waals surface area contributed by atoms with Crippen LogP contribution in [0.2, 0.25) is 10.0 Å². The Balaban J connectivity index is 1.77. The van der Waals surface area contributed by atoms with Crippen molar-refractivity contribution >= 4 is 58.2 Å². The van der Waals surface area contributed by atoms with Crippen molar-refractivity contribution in [3.8, 4) is 11.5 Å². The number of hydrogen-bond donors (Lipinski definition) is 1. The molecule has 3 rings (SSSR count). The van der Waals surface area contributed by atoms with Gasteiger partial charge in [-0.15, -0.1) is 0 Å². The van der Waals surface area contributed by atoms with E-state index < -0.39 is 23.7 Å². The molecule has 2 aromatic carbocycles. The summed E-state index contributed by atoms with van der Waals surface area (Å²) in [5.41, 5.74) is 1.34. The van der Waals surface area contributed by atoms with E-state index in [0.29, 0.717) is 43.8 Å². The van der Waals surface area contributed by atoms with Crippen LogP contribution in [0.1, 0.15) is 11.1 Å². The van der Waals surface area contributed by atoms with Gasteiger partial charge in [0.25, 0.3) is 11.1 Å². The van der Waals surface area contributed by atoms with Gasteiger partial charge in [-0.2, -0.15) is 0 Å². The number of methoxy groups -OCH3 is 1. The van der Waals surface area contributed by atoms with Crippen LogP contribution in [0.15, 0.2) is 41.3 Å². The Hall–Kier alpha value is -2.68. The number of benzene rings is 2. The molecule has 1 N–H and O–H groups in total. The van der Waals surface area contributed by atoms with Gasteiger partial charge in [0.15, 0.2) is 11.5 Å². The summed E-state index contributed by atoms with van der Waals surface area (Å²) in [5, 5.41) is 9.21. The summed E-state index contributed by atoms with van der Waals surface area (Å²) in [6, 6.07) is 10.1. The molecule has 0 atom stereocenters. The maximum Gasteiger partial charge on any atom is 0.323 e. The predicted molar refractivity (Wildman–Crippen MR) is 114 cm³/mol. The van der Waals surface area contributed by atoms with Crippen LogP contribution in [0.5, 0.6) is 11.5 Å². The van der Waals surface area contributed by atoms with Gasteiger partial charge >= 0.3 is 5.97 Å². The van der Waals surface area contributed by atoms with E-state index >= 15 is 0 Å². The molecule has 0 saturated carbocycles. The molecule has 0 bridgehead atoms. The Morgan fingerprint density at radius 1 is 1.17 bits per heavy atom. The minimum atomic E-state index is -1.26. The molecular weight excluding hydrogens is 453 g/mol. The van der Waals surface area contributed by atoms with Crippen LogP contribution >= 0.6 is 35.0 Å². The number of imide groups is 1. The van der Waals surface area contributed by atoms with E-state index in [-0.39, 0.29) is 11.5 Å². The quantitative estimate of drug-likeness (QED) is 0.589. The molecule has 1 saturated heterocycles. The van der Waals surface area contributed by atoms with Gasteiger partial charge in [0.1, 0.15) is 13.2 Å². The number of halogens is 2. The monoisotopic (exact) mass is 467 g/mol. The molecule has 156 valence electrons. The zero-order valence-electron chi connectivity index (χ0n) is 15.6. The molecule has 1 aliphatic rings. The Labute approximate surface area is 186 Å². The van der Waals surface area contributed by atoms with Gasteiger partial charge in [-0.1, -0.05) is 35.3 Å². The highest BCUT2D eigenvalue weighted by Gasteiger charge is 2.36. The summed E-state index contributed by atoms with van der Waals surface area (Å²) in [4.78, 5) is 35.8. The van der Waals surface area contributed by atoms with E-state index in [1.54, 1.807) is 36.4 Å². The van der Waals surface area contributed by atoms with E-state index in [1.807, 2.05) is 0 Å². The molecule has 0 aromatic heterocycles. The lowest BCUT2D eigenvalue weighted by Gasteiger charge is -2.12. The SMILES string of the molecule is COc1cc(/C=C2/SC(=O)N(CC(=O)O)C2=O)ccc1OCc1ccc(Cl)cc1Cl. The first-order valence-electron chi connectivity index (χ1n) is 8.50. The fourth-order valence-corrected chi connectivity index (χ4v) is 3.91. The molecule has 10 heteroatoms. The summed E-state index contributed by atoms with van der Waals surface area (Å²) in [5.74, 6) is -1.04. The molecule has 1 heterocycles. The van der Waals surface area contributed by atoms with Crippen LogP contribution in [0, 0.1) is 0 Å².